The van der Waals surface area contributed by atoms with Crippen LogP contribution in [0.5, 0.6) is 0 Å². The number of aliphatic carboxylic acids is 2. The van der Waals surface area contributed by atoms with Crippen molar-refractivity contribution in [3.8, 4) is 0 Å². The molecule has 0 bridgehead atoms. The number of azide groups is 1. The van der Waals surface area contributed by atoms with Crippen molar-refractivity contribution in [2.45, 2.75) is 17.3 Å². The Balaban J connectivity index is 2.90. The number of rotatable bonds is 10. The van der Waals surface area contributed by atoms with Crippen molar-refractivity contribution in [2.24, 2.45) is 16.6 Å². The Labute approximate surface area is 150 Å². The normalized spacial score (nSPS) is 14.0. The van der Waals surface area contributed by atoms with Crippen molar-refractivity contribution in [3.05, 3.63) is 40.3 Å². The number of hydrogen-bond acceptors (Lipinski definition) is 8. The predicted molar refractivity (Wildman–Crippen MR) is 94.6 cm³/mol. The van der Waals surface area contributed by atoms with Crippen molar-refractivity contribution in [1.82, 2.24) is 0 Å². The third kappa shape index (κ3) is 6.29. The molecule has 1 rings (SSSR count). The SMILES string of the molecule is [N-]=[N+]=Nc1ccc(C(=O)C(SSC[C@H](N)C(=O)O)[C@H](N)C(=O)O)cc1. The average molecular weight is 385 g/mol. The summed E-state index contributed by atoms with van der Waals surface area (Å²) in [5.41, 5.74) is 19.8. The van der Waals surface area contributed by atoms with Crippen LogP contribution in [0.2, 0.25) is 0 Å². The van der Waals surface area contributed by atoms with Crippen molar-refractivity contribution in [2.75, 3.05) is 5.75 Å². The Bertz CT molecular complexity index is 693. The maximum atomic E-state index is 12.5. The van der Waals surface area contributed by atoms with Crippen LogP contribution in [0.25, 0.3) is 10.4 Å². The Morgan fingerprint density at radius 2 is 1.76 bits per heavy atom. The lowest BCUT2D eigenvalue weighted by molar-refractivity contribution is -0.139. The number of hydrogen-bond donors (Lipinski definition) is 4. The van der Waals surface area contributed by atoms with Gasteiger partial charge in [0.05, 0.1) is 0 Å². The van der Waals surface area contributed by atoms with Gasteiger partial charge >= 0.3 is 11.9 Å². The largest absolute Gasteiger partial charge is 0.480 e. The second-order valence-electron chi connectivity index (χ2n) is 4.71. The van der Waals surface area contributed by atoms with Gasteiger partial charge in [0.1, 0.15) is 17.3 Å². The van der Waals surface area contributed by atoms with E-state index in [-0.39, 0.29) is 11.3 Å². The lowest BCUT2D eigenvalue weighted by Gasteiger charge is -2.19. The van der Waals surface area contributed by atoms with Crippen LogP contribution in [0, 0.1) is 0 Å². The summed E-state index contributed by atoms with van der Waals surface area (Å²) in [4.78, 5) is 37.0. The summed E-state index contributed by atoms with van der Waals surface area (Å²) in [6.45, 7) is 0. The first-order valence-corrected chi connectivity index (χ1v) is 9.10. The molecule has 0 aliphatic heterocycles. The lowest BCUT2D eigenvalue weighted by atomic mass is 10.0. The maximum absolute atomic E-state index is 12.5. The van der Waals surface area contributed by atoms with Crippen LogP contribution < -0.4 is 11.5 Å². The molecule has 0 saturated heterocycles. The van der Waals surface area contributed by atoms with Gasteiger partial charge in [0.25, 0.3) is 0 Å². The molecule has 3 atom stereocenters. The molecule has 0 fully saturated rings. The summed E-state index contributed by atoms with van der Waals surface area (Å²) in [5, 5.41) is 20.0. The monoisotopic (exact) mass is 385 g/mol. The van der Waals surface area contributed by atoms with Crippen LogP contribution in [0.3, 0.4) is 0 Å². The molecule has 0 radical (unpaired) electrons. The molecule has 0 heterocycles. The molecular weight excluding hydrogens is 370 g/mol. The van der Waals surface area contributed by atoms with E-state index >= 15 is 0 Å². The number of nitrogens with two attached hydrogens (primary N) is 2. The summed E-state index contributed by atoms with van der Waals surface area (Å²) < 4.78 is 0. The number of benzene rings is 1. The van der Waals surface area contributed by atoms with Gasteiger partial charge < -0.3 is 21.7 Å². The molecule has 1 aromatic rings. The zero-order chi connectivity index (χ0) is 19.0. The van der Waals surface area contributed by atoms with Crippen LogP contribution in [-0.4, -0.2) is 51.0 Å². The fraction of sp³-hybridized carbons (Fsp3) is 0.308. The molecule has 12 heteroatoms. The van der Waals surface area contributed by atoms with Crippen molar-refractivity contribution >= 4 is 45.0 Å². The summed E-state index contributed by atoms with van der Waals surface area (Å²) in [6, 6.07) is 2.98. The maximum Gasteiger partial charge on any atom is 0.322 e. The third-order valence-corrected chi connectivity index (χ3v) is 5.70. The van der Waals surface area contributed by atoms with E-state index in [1.165, 1.54) is 24.3 Å². The minimum absolute atomic E-state index is 0.0219. The quantitative estimate of drug-likeness (QED) is 0.151. The first-order valence-electron chi connectivity index (χ1n) is 6.72. The number of nitrogens with zero attached hydrogens (tertiary/aromatic N) is 3. The number of carbonyl (C=O) groups excluding carboxylic acids is 1. The second kappa shape index (κ2) is 9.91. The van der Waals surface area contributed by atoms with E-state index in [1.807, 2.05) is 0 Å². The number of Topliss-reactive ketones (excluding diaryl/α,β-unsaturated/α-hetero) is 1. The van der Waals surface area contributed by atoms with Crippen molar-refractivity contribution in [3.63, 3.8) is 0 Å². The highest BCUT2D eigenvalue weighted by molar-refractivity contribution is 8.77. The molecule has 0 amide bonds. The van der Waals surface area contributed by atoms with E-state index in [4.69, 9.17) is 27.2 Å². The molecule has 1 aromatic carbocycles. The Kier molecular flexibility index (Phi) is 8.25. The van der Waals surface area contributed by atoms with Gasteiger partial charge in [-0.15, -0.1) is 0 Å². The van der Waals surface area contributed by atoms with Gasteiger partial charge in [-0.1, -0.05) is 51.0 Å². The van der Waals surface area contributed by atoms with Gasteiger partial charge in [0, 0.05) is 21.9 Å². The topological polar surface area (TPSA) is 192 Å². The van der Waals surface area contributed by atoms with E-state index in [2.05, 4.69) is 10.0 Å². The number of ketones is 1. The highest BCUT2D eigenvalue weighted by Crippen LogP contribution is 2.31. The van der Waals surface area contributed by atoms with Crippen LogP contribution in [0.1, 0.15) is 10.4 Å². The predicted octanol–water partition coefficient (Wildman–Crippen LogP) is 1.38. The highest BCUT2D eigenvalue weighted by Gasteiger charge is 2.32. The van der Waals surface area contributed by atoms with E-state index in [1.54, 1.807) is 0 Å². The molecule has 134 valence electrons. The molecule has 25 heavy (non-hydrogen) atoms. The molecule has 6 N–H and O–H groups in total. The fourth-order valence-electron chi connectivity index (χ4n) is 1.56. The van der Waals surface area contributed by atoms with E-state index < -0.39 is 35.1 Å². The van der Waals surface area contributed by atoms with Crippen LogP contribution in [0.15, 0.2) is 29.4 Å². The number of carbonyl (C=O) groups is 3. The summed E-state index contributed by atoms with van der Waals surface area (Å²) in [5.74, 6) is -3.12. The van der Waals surface area contributed by atoms with Gasteiger partial charge in [-0.2, -0.15) is 0 Å². The first-order chi connectivity index (χ1) is 11.8. The Morgan fingerprint density at radius 1 is 1.16 bits per heavy atom. The van der Waals surface area contributed by atoms with Gasteiger partial charge in [0.2, 0.25) is 0 Å². The Morgan fingerprint density at radius 3 is 2.24 bits per heavy atom. The van der Waals surface area contributed by atoms with Crippen LogP contribution in [0.4, 0.5) is 5.69 Å². The van der Waals surface area contributed by atoms with Crippen molar-refractivity contribution < 1.29 is 24.6 Å². The fourth-order valence-corrected chi connectivity index (χ4v) is 4.27. The van der Waals surface area contributed by atoms with E-state index in [0.29, 0.717) is 5.69 Å². The minimum atomic E-state index is -1.48. The molecule has 1 unspecified atom stereocenters. The average Bonchev–Trinajstić information content (AvgIpc) is 2.58. The standard InChI is InChI=1S/C13H15N5O5S2/c14-8(12(20)21)5-24-25-11(9(15)13(22)23)10(19)6-1-3-7(4-2-6)17-18-16/h1-4,8-9,11H,5,14-15H2,(H,20,21)(H,22,23)/t8-,9-,11?/m0/s1. The smallest absolute Gasteiger partial charge is 0.322 e. The van der Waals surface area contributed by atoms with E-state index in [0.717, 1.165) is 21.6 Å². The molecular formula is C13H15N5O5S2. The molecule has 0 spiro atoms. The zero-order valence-corrected chi connectivity index (χ0v) is 14.3. The molecule has 0 aliphatic rings. The molecule has 0 saturated carbocycles. The lowest BCUT2D eigenvalue weighted by Crippen LogP contribution is -2.44. The highest BCUT2D eigenvalue weighted by atomic mass is 33.1. The number of carboxylic acid groups (broad SMARTS) is 2. The summed E-state index contributed by atoms with van der Waals surface area (Å²) in [6.07, 6.45) is 0. The van der Waals surface area contributed by atoms with Crippen LogP contribution in [-0.2, 0) is 9.59 Å². The first kappa shape index (κ1) is 20.8. The number of carboxylic acids is 2. The van der Waals surface area contributed by atoms with Gasteiger partial charge in [-0.05, 0) is 5.53 Å². The third-order valence-electron chi connectivity index (χ3n) is 2.92. The van der Waals surface area contributed by atoms with Gasteiger partial charge in [-0.3, -0.25) is 14.4 Å². The molecule has 0 aliphatic carbocycles. The molecule has 10 nitrogen and oxygen atoms in total. The molecule has 0 aromatic heterocycles. The zero-order valence-electron chi connectivity index (χ0n) is 12.7. The van der Waals surface area contributed by atoms with Crippen LogP contribution >= 0.6 is 21.6 Å². The Hall–Kier alpha value is -2.24. The second-order valence-corrected chi connectivity index (χ2v) is 7.26. The van der Waals surface area contributed by atoms with Gasteiger partial charge in [-0.25, -0.2) is 0 Å². The van der Waals surface area contributed by atoms with Gasteiger partial charge in [0.15, 0.2) is 5.78 Å². The summed E-state index contributed by atoms with van der Waals surface area (Å²) in [7, 11) is 1.82. The minimum Gasteiger partial charge on any atom is -0.480 e. The van der Waals surface area contributed by atoms with E-state index in [9.17, 15) is 14.4 Å². The van der Waals surface area contributed by atoms with Crippen molar-refractivity contribution in [1.29, 1.82) is 0 Å². The summed E-state index contributed by atoms with van der Waals surface area (Å²) >= 11 is 0.